The number of benzene rings is 2. The van der Waals surface area contributed by atoms with E-state index in [1.165, 1.54) is 0 Å². The van der Waals surface area contributed by atoms with Crippen molar-refractivity contribution in [1.29, 1.82) is 0 Å². The Balaban J connectivity index is 2.48. The Hall–Kier alpha value is -2.35. The second-order valence-corrected chi connectivity index (χ2v) is 17.7. The fraction of sp³-hybridized carbons (Fsp3) is 0.533. The molecule has 8 heteroatoms. The van der Waals surface area contributed by atoms with Gasteiger partial charge < -0.3 is 19.6 Å². The average molecular weight is 562 g/mol. The highest BCUT2D eigenvalue weighted by molar-refractivity contribution is 6.74. The van der Waals surface area contributed by atoms with Crippen LogP contribution in [0.5, 0.6) is 0 Å². The van der Waals surface area contributed by atoms with Gasteiger partial charge >= 0.3 is 12.1 Å². The Labute approximate surface area is 234 Å². The number of halogens is 1. The second-order valence-electron chi connectivity index (χ2n) is 12.5. The van der Waals surface area contributed by atoms with E-state index in [1.807, 2.05) is 63.2 Å². The van der Waals surface area contributed by atoms with Crippen LogP contribution in [0.1, 0.15) is 59.1 Å². The normalized spacial score (nSPS) is 14.9. The highest BCUT2D eigenvalue weighted by Gasteiger charge is 2.42. The number of carboxylic acid groups (broad SMARTS) is 1. The number of nitrogens with one attached hydrogen (secondary N) is 1. The van der Waals surface area contributed by atoms with E-state index in [0.717, 1.165) is 11.1 Å². The summed E-state index contributed by atoms with van der Waals surface area (Å²) >= 11 is 6.17. The van der Waals surface area contributed by atoms with Crippen molar-refractivity contribution in [3.05, 3.63) is 70.7 Å². The summed E-state index contributed by atoms with van der Waals surface area (Å²) in [5.74, 6) is -1.65. The molecule has 2 aromatic carbocycles. The molecule has 210 valence electrons. The fourth-order valence-electron chi connectivity index (χ4n) is 3.95. The monoisotopic (exact) mass is 561 g/mol. The van der Waals surface area contributed by atoms with Gasteiger partial charge in [0.05, 0.1) is 18.1 Å². The number of aliphatic carboxylic acids is 1. The van der Waals surface area contributed by atoms with Crippen molar-refractivity contribution < 1.29 is 23.9 Å². The predicted molar refractivity (Wildman–Crippen MR) is 156 cm³/mol. The van der Waals surface area contributed by atoms with Crippen LogP contribution in [0.3, 0.4) is 0 Å². The third-order valence-electron chi connectivity index (χ3n) is 6.94. The lowest BCUT2D eigenvalue weighted by Gasteiger charge is -2.42. The smallest absolute Gasteiger partial charge is 0.407 e. The molecule has 0 bridgehead atoms. The number of alkyl carbamates (subject to hydrolysis) is 1. The summed E-state index contributed by atoms with van der Waals surface area (Å²) < 4.78 is 12.5. The van der Waals surface area contributed by atoms with Gasteiger partial charge in [-0.05, 0) is 81.4 Å². The summed E-state index contributed by atoms with van der Waals surface area (Å²) in [4.78, 5) is 25.5. The minimum absolute atomic E-state index is 0.111. The number of carbonyl (C=O) groups is 2. The summed E-state index contributed by atoms with van der Waals surface area (Å²) in [6.07, 6.45) is -0.102. The standard InChI is InChI=1S/C30H44ClNO5Si/c1-29(2,3)36-28(35)32-25(19-21-13-10-9-11-14-21)26(37-38(7,8)30(4,5)6)20-23(27(33)34)17-22-15-12-16-24(31)18-22/h9-16,18,23,25-26H,17,19-20H2,1-8H3,(H,32,35)(H,33,34). The molecular weight excluding hydrogens is 518 g/mol. The molecule has 2 aromatic rings. The largest absolute Gasteiger partial charge is 0.481 e. The quantitative estimate of drug-likeness (QED) is 0.277. The lowest BCUT2D eigenvalue weighted by molar-refractivity contribution is -0.142. The first-order chi connectivity index (χ1) is 17.5. The van der Waals surface area contributed by atoms with Gasteiger partial charge in [0.2, 0.25) is 0 Å². The zero-order valence-corrected chi connectivity index (χ0v) is 25.8. The van der Waals surface area contributed by atoms with Crippen LogP contribution in [-0.4, -0.2) is 43.2 Å². The summed E-state index contributed by atoms with van der Waals surface area (Å²) in [6.45, 7) is 16.1. The van der Waals surface area contributed by atoms with Crippen LogP contribution in [0.2, 0.25) is 23.2 Å². The number of hydrogen-bond donors (Lipinski definition) is 2. The van der Waals surface area contributed by atoms with Crippen molar-refractivity contribution in [2.45, 2.75) is 96.7 Å². The molecule has 0 fully saturated rings. The van der Waals surface area contributed by atoms with Gasteiger partial charge in [0.15, 0.2) is 8.32 Å². The van der Waals surface area contributed by atoms with Gasteiger partial charge in [-0.15, -0.1) is 0 Å². The third-order valence-corrected chi connectivity index (χ3v) is 11.7. The van der Waals surface area contributed by atoms with Crippen LogP contribution in [0.25, 0.3) is 0 Å². The second kappa shape index (κ2) is 13.1. The van der Waals surface area contributed by atoms with Crippen molar-refractivity contribution in [2.75, 3.05) is 0 Å². The van der Waals surface area contributed by atoms with Crippen LogP contribution in [0, 0.1) is 5.92 Å². The van der Waals surface area contributed by atoms with E-state index < -0.39 is 44.0 Å². The van der Waals surface area contributed by atoms with Gasteiger partial charge in [-0.2, -0.15) is 0 Å². The molecule has 0 radical (unpaired) electrons. The molecule has 1 amide bonds. The number of carbonyl (C=O) groups excluding carboxylic acids is 1. The molecule has 38 heavy (non-hydrogen) atoms. The number of carboxylic acids is 1. The summed E-state index contributed by atoms with van der Waals surface area (Å²) in [6, 6.07) is 16.6. The fourth-order valence-corrected chi connectivity index (χ4v) is 5.54. The lowest BCUT2D eigenvalue weighted by atomic mass is 9.89. The van der Waals surface area contributed by atoms with Gasteiger partial charge in [0.1, 0.15) is 5.60 Å². The topological polar surface area (TPSA) is 84.9 Å². The zero-order chi connectivity index (χ0) is 28.7. The van der Waals surface area contributed by atoms with Crippen molar-refractivity contribution >= 4 is 32.0 Å². The first-order valence-corrected chi connectivity index (χ1v) is 16.4. The minimum atomic E-state index is -2.35. The molecule has 0 saturated heterocycles. The van der Waals surface area contributed by atoms with E-state index in [-0.39, 0.29) is 11.5 Å². The maximum atomic E-state index is 13.0. The molecular formula is C30H44ClNO5Si. The molecule has 3 unspecified atom stereocenters. The van der Waals surface area contributed by atoms with Gasteiger partial charge in [-0.3, -0.25) is 4.79 Å². The average Bonchev–Trinajstić information content (AvgIpc) is 2.76. The Morgan fingerprint density at radius 3 is 2.08 bits per heavy atom. The van der Waals surface area contributed by atoms with Gasteiger partial charge in [0, 0.05) is 5.02 Å². The van der Waals surface area contributed by atoms with Gasteiger partial charge in [-0.25, -0.2) is 4.79 Å². The first kappa shape index (κ1) is 31.9. The van der Waals surface area contributed by atoms with Crippen LogP contribution in [0.4, 0.5) is 4.79 Å². The molecule has 0 saturated carbocycles. The first-order valence-electron chi connectivity index (χ1n) is 13.2. The molecule has 0 spiro atoms. The number of rotatable bonds is 11. The molecule has 0 aliphatic carbocycles. The molecule has 2 N–H and O–H groups in total. The van der Waals surface area contributed by atoms with E-state index in [4.69, 9.17) is 20.8 Å². The van der Waals surface area contributed by atoms with Crippen molar-refractivity contribution in [2.24, 2.45) is 5.92 Å². The maximum absolute atomic E-state index is 13.0. The zero-order valence-electron chi connectivity index (χ0n) is 24.0. The van der Waals surface area contributed by atoms with Gasteiger partial charge in [-0.1, -0.05) is 74.8 Å². The van der Waals surface area contributed by atoms with Crippen molar-refractivity contribution in [3.63, 3.8) is 0 Å². The van der Waals surface area contributed by atoms with Crippen LogP contribution < -0.4 is 5.32 Å². The van der Waals surface area contributed by atoms with Crippen LogP contribution >= 0.6 is 11.6 Å². The molecule has 2 rings (SSSR count). The van der Waals surface area contributed by atoms with Crippen LogP contribution in [-0.2, 0) is 26.8 Å². The molecule has 0 aromatic heterocycles. The molecule has 0 heterocycles. The third kappa shape index (κ3) is 10.4. The van der Waals surface area contributed by atoms with Crippen molar-refractivity contribution in [1.82, 2.24) is 5.32 Å². The highest BCUT2D eigenvalue weighted by Crippen LogP contribution is 2.39. The van der Waals surface area contributed by atoms with E-state index in [0.29, 0.717) is 17.9 Å². The Bertz CT molecular complexity index is 1060. The number of amides is 1. The van der Waals surface area contributed by atoms with Gasteiger partial charge in [0.25, 0.3) is 0 Å². The predicted octanol–water partition coefficient (Wildman–Crippen LogP) is 7.50. The Morgan fingerprint density at radius 2 is 1.55 bits per heavy atom. The number of ether oxygens (including phenoxy) is 1. The maximum Gasteiger partial charge on any atom is 0.407 e. The van der Waals surface area contributed by atoms with E-state index in [2.05, 4.69) is 39.2 Å². The SMILES string of the molecule is CC(C)(C)OC(=O)NC(Cc1ccccc1)C(CC(Cc1cccc(Cl)c1)C(=O)O)O[Si](C)(C)C(C)(C)C. The summed E-state index contributed by atoms with van der Waals surface area (Å²) in [5, 5.41) is 13.7. The highest BCUT2D eigenvalue weighted by atomic mass is 35.5. The van der Waals surface area contributed by atoms with Crippen LogP contribution in [0.15, 0.2) is 54.6 Å². The summed E-state index contributed by atoms with van der Waals surface area (Å²) in [7, 11) is -2.35. The van der Waals surface area contributed by atoms with E-state index in [1.54, 1.807) is 12.1 Å². The molecule has 0 aliphatic heterocycles. The Kier molecular flexibility index (Phi) is 11.0. The Morgan fingerprint density at radius 1 is 0.947 bits per heavy atom. The van der Waals surface area contributed by atoms with E-state index >= 15 is 0 Å². The minimum Gasteiger partial charge on any atom is -0.481 e. The molecule has 0 aliphatic rings. The van der Waals surface area contributed by atoms with E-state index in [9.17, 15) is 14.7 Å². The lowest BCUT2D eigenvalue weighted by Crippen LogP contribution is -2.54. The molecule has 3 atom stereocenters. The molecule has 6 nitrogen and oxygen atoms in total. The van der Waals surface area contributed by atoms with Crippen molar-refractivity contribution in [3.8, 4) is 0 Å². The number of hydrogen-bond acceptors (Lipinski definition) is 4. The summed E-state index contributed by atoms with van der Waals surface area (Å²) in [5.41, 5.74) is 1.18.